The van der Waals surface area contributed by atoms with Crippen molar-refractivity contribution in [3.63, 3.8) is 0 Å². The van der Waals surface area contributed by atoms with Gasteiger partial charge in [-0.2, -0.15) is 0 Å². The SMILES string of the molecule is COC(=O)CCc1c2nc(c(C#CC#Cc3c4nc(c(CCC(=O)OC)c5ccc([nH]5)c(-n5ccnc5)c5ccc([nH]5)c(CCC(=O)OC)c5nc3C=C5)C=C4)c3nc(c(CCC(=O)OC)c4ccc([nH]4)c(-n4ccnc4)c4ccc1[nH]4)C=C3)C=C2. The number of nitrogens with zero attached hydrogens (tertiary/aromatic N) is 8. The van der Waals surface area contributed by atoms with Crippen molar-refractivity contribution < 1.29 is 38.1 Å². The van der Waals surface area contributed by atoms with E-state index < -0.39 is 0 Å². The summed E-state index contributed by atoms with van der Waals surface area (Å²) in [7, 11) is 5.46. The Hall–Kier alpha value is -11.4. The minimum absolute atomic E-state index is 0.0919. The van der Waals surface area contributed by atoms with Gasteiger partial charge in [0.15, 0.2) is 0 Å². The number of H-pyrrole nitrogens is 4. The van der Waals surface area contributed by atoms with E-state index in [0.717, 1.165) is 77.8 Å². The van der Waals surface area contributed by atoms with Crippen LogP contribution in [0, 0.1) is 23.7 Å². The molecule has 8 aromatic rings. The lowest BCUT2D eigenvalue weighted by Gasteiger charge is -2.05. The summed E-state index contributed by atoms with van der Waals surface area (Å²) in [6.07, 6.45) is 27.1. The maximum atomic E-state index is 12.7. The molecule has 0 fully saturated rings. The maximum Gasteiger partial charge on any atom is 0.305 e. The molecule has 0 amide bonds. The van der Waals surface area contributed by atoms with Crippen LogP contribution in [0.5, 0.6) is 0 Å². The second-order valence-electron chi connectivity index (χ2n) is 20.1. The number of rotatable bonds is 14. The number of carbonyl (C=O) groups excluding carboxylic acids is 4. The van der Waals surface area contributed by atoms with Crippen LogP contribution in [0.4, 0.5) is 0 Å². The standard InChI is InChI=1S/C66H54N12O8/c1-83-61(79)29-9-41-49-17-13-45(69-49)39(46-14-18-50(70-46)42(10-30-62(80)84-2)54-22-26-58(74-54)65(77-35-33-67-37-77)57-25-21-53(41)73-57)7-5-6-8-40-47-15-19-51(71-47)43(11-31-63(81)85-3)55-23-27-59(75-55)66(78-36-34-68-38-78)60-28-24-56(76-60)44(12-32-64(82)86-4)52-20-16-48(40)72-52/h13-28,33-38,73-76H,9-12,29-32H2,1-4H3. The highest BCUT2D eigenvalue weighted by atomic mass is 16.5. The summed E-state index contributed by atoms with van der Waals surface area (Å²) < 4.78 is 24.2. The molecule has 20 nitrogen and oxygen atoms in total. The first kappa shape index (κ1) is 55.2. The zero-order chi connectivity index (χ0) is 59.3. The topological polar surface area (TPSA) is 256 Å². The summed E-state index contributed by atoms with van der Waals surface area (Å²) in [6.45, 7) is 0. The Labute approximate surface area is 491 Å². The van der Waals surface area contributed by atoms with Gasteiger partial charge in [-0.05, 0) is 147 Å². The van der Waals surface area contributed by atoms with Gasteiger partial charge in [0.25, 0.3) is 0 Å². The Morgan fingerprint density at radius 3 is 0.884 bits per heavy atom. The quantitative estimate of drug-likeness (QED) is 0.0449. The van der Waals surface area contributed by atoms with E-state index in [2.05, 4.69) is 53.6 Å². The van der Waals surface area contributed by atoms with Crippen molar-refractivity contribution in [2.45, 2.75) is 51.4 Å². The molecule has 0 spiro atoms. The molecule has 4 N–H and O–H groups in total. The highest BCUT2D eigenvalue weighted by molar-refractivity contribution is 5.90. The van der Waals surface area contributed by atoms with Crippen LogP contribution in [-0.2, 0) is 63.8 Å². The summed E-state index contributed by atoms with van der Waals surface area (Å²) >= 11 is 0. The van der Waals surface area contributed by atoms with E-state index in [1.54, 1.807) is 25.0 Å². The number of aromatic nitrogens is 12. The molecule has 4 aliphatic heterocycles. The van der Waals surface area contributed by atoms with Crippen LogP contribution in [-0.4, -0.2) is 111 Å². The number of methoxy groups -OCH3 is 4. The van der Waals surface area contributed by atoms with E-state index in [0.29, 0.717) is 82.4 Å². The zero-order valence-electron chi connectivity index (χ0n) is 47.2. The summed E-state index contributed by atoms with van der Waals surface area (Å²) in [6, 6.07) is 15.7. The monoisotopic (exact) mass is 1140 g/mol. The molecular weight excluding hydrogens is 1090 g/mol. The van der Waals surface area contributed by atoms with Crippen LogP contribution in [0.2, 0.25) is 0 Å². The molecular formula is C66H54N12O8. The fraction of sp³-hybridized carbons (Fsp3) is 0.182. The number of nitrogens with one attached hydrogen (secondary N) is 4. The third-order valence-electron chi connectivity index (χ3n) is 15.1. The molecule has 0 radical (unpaired) electrons. The van der Waals surface area contributed by atoms with Crippen LogP contribution in [0.25, 0.3) is 104 Å². The molecule has 0 aliphatic carbocycles. The highest BCUT2D eigenvalue weighted by Gasteiger charge is 2.21. The van der Waals surface area contributed by atoms with Gasteiger partial charge < -0.3 is 48.0 Å². The van der Waals surface area contributed by atoms with Gasteiger partial charge in [-0.15, -0.1) is 0 Å². The van der Waals surface area contributed by atoms with Crippen LogP contribution in [0.1, 0.15) is 105 Å². The van der Waals surface area contributed by atoms with Crippen molar-refractivity contribution in [2.24, 2.45) is 0 Å². The molecule has 4 aliphatic rings. The maximum absolute atomic E-state index is 12.7. The molecule has 16 bridgehead atoms. The van der Waals surface area contributed by atoms with Crippen molar-refractivity contribution >= 4 is 117 Å². The number of fused-ring (bicyclic) bond motifs is 16. The number of aryl methyl sites for hydroxylation is 4. The Bertz CT molecular complexity index is 4160. The van der Waals surface area contributed by atoms with Crippen molar-refractivity contribution in [2.75, 3.05) is 28.4 Å². The predicted molar refractivity (Wildman–Crippen MR) is 327 cm³/mol. The minimum Gasteiger partial charge on any atom is -0.469 e. The number of hydrogen-bond acceptors (Lipinski definition) is 14. The first-order valence-electron chi connectivity index (χ1n) is 27.6. The van der Waals surface area contributed by atoms with Crippen molar-refractivity contribution in [1.82, 2.24) is 59.0 Å². The van der Waals surface area contributed by atoms with Gasteiger partial charge in [0.05, 0.1) is 131 Å². The third kappa shape index (κ3) is 11.3. The van der Waals surface area contributed by atoms with Gasteiger partial charge in [-0.1, -0.05) is 0 Å². The first-order valence-corrected chi connectivity index (χ1v) is 27.6. The fourth-order valence-electron chi connectivity index (χ4n) is 10.8. The number of esters is 4. The molecule has 426 valence electrons. The van der Waals surface area contributed by atoms with E-state index in [-0.39, 0.29) is 49.6 Å². The van der Waals surface area contributed by atoms with Gasteiger partial charge in [-0.3, -0.25) is 19.2 Å². The van der Waals surface area contributed by atoms with E-state index in [4.69, 9.17) is 38.9 Å². The Morgan fingerprint density at radius 2 is 0.640 bits per heavy atom. The first-order chi connectivity index (χ1) is 42.1. The molecule has 0 atom stereocenters. The lowest BCUT2D eigenvalue weighted by Crippen LogP contribution is -2.03. The van der Waals surface area contributed by atoms with E-state index in [1.165, 1.54) is 28.4 Å². The summed E-state index contributed by atoms with van der Waals surface area (Å²) in [5.41, 5.74) is 15.9. The number of aromatic amines is 4. The molecule has 12 rings (SSSR count). The molecule has 8 aromatic heterocycles. The van der Waals surface area contributed by atoms with Crippen LogP contribution in [0.3, 0.4) is 0 Å². The second kappa shape index (κ2) is 24.2. The highest BCUT2D eigenvalue weighted by Crippen LogP contribution is 2.32. The molecule has 0 saturated heterocycles. The van der Waals surface area contributed by atoms with Gasteiger partial charge in [0.2, 0.25) is 0 Å². The zero-order valence-corrected chi connectivity index (χ0v) is 47.2. The van der Waals surface area contributed by atoms with E-state index in [9.17, 15) is 19.2 Å². The minimum atomic E-state index is -0.373. The van der Waals surface area contributed by atoms with Crippen molar-refractivity contribution in [3.8, 4) is 35.1 Å². The summed E-state index contributed by atoms with van der Waals surface area (Å²) in [5.74, 6) is 11.4. The third-order valence-corrected chi connectivity index (χ3v) is 15.1. The smallest absolute Gasteiger partial charge is 0.305 e. The van der Waals surface area contributed by atoms with Crippen LogP contribution < -0.4 is 0 Å². The fourth-order valence-corrected chi connectivity index (χ4v) is 10.8. The second-order valence-corrected chi connectivity index (χ2v) is 20.1. The lowest BCUT2D eigenvalue weighted by atomic mass is 10.1. The predicted octanol–water partition coefficient (Wildman–Crippen LogP) is 9.82. The van der Waals surface area contributed by atoms with Gasteiger partial charge in [0.1, 0.15) is 0 Å². The lowest BCUT2D eigenvalue weighted by molar-refractivity contribution is -0.141. The average molecular weight is 1140 g/mol. The normalized spacial score (nSPS) is 11.9. The van der Waals surface area contributed by atoms with Gasteiger partial charge in [-0.25, -0.2) is 29.9 Å². The molecule has 0 unspecified atom stereocenters. The molecule has 12 heterocycles. The van der Waals surface area contributed by atoms with E-state index in [1.807, 2.05) is 119 Å². The number of carbonyl (C=O) groups is 4. The molecule has 20 heteroatoms. The average Bonchev–Trinajstić information content (AvgIpc) is 2.62. The Kier molecular flexibility index (Phi) is 15.5. The molecule has 0 aromatic carbocycles. The van der Waals surface area contributed by atoms with Gasteiger partial charge in [0, 0.05) is 94.8 Å². The number of hydrogen-bond donors (Lipinski definition) is 4. The van der Waals surface area contributed by atoms with Crippen LogP contribution in [0.15, 0.2) is 86.0 Å². The van der Waals surface area contributed by atoms with Crippen molar-refractivity contribution in [3.05, 3.63) is 165 Å². The number of ether oxygens (including phenoxy) is 4. The Morgan fingerprint density at radius 1 is 0.384 bits per heavy atom. The van der Waals surface area contributed by atoms with Crippen LogP contribution >= 0.6 is 0 Å². The largest absolute Gasteiger partial charge is 0.469 e. The van der Waals surface area contributed by atoms with Crippen molar-refractivity contribution in [1.29, 1.82) is 0 Å². The van der Waals surface area contributed by atoms with Gasteiger partial charge >= 0.3 is 23.9 Å². The summed E-state index contributed by atoms with van der Waals surface area (Å²) in [5, 5.41) is 0. The van der Waals surface area contributed by atoms with E-state index >= 15 is 0 Å². The molecule has 0 saturated carbocycles. The summed E-state index contributed by atoms with van der Waals surface area (Å²) in [4.78, 5) is 94.9. The Balaban J connectivity index is 1.09. The molecule has 86 heavy (non-hydrogen) atoms. The number of imidazole rings is 2.